The number of carbonyl (C=O) groups is 3. The molecule has 1 aromatic carbocycles. The highest BCUT2D eigenvalue weighted by molar-refractivity contribution is 5.95. The van der Waals surface area contributed by atoms with E-state index in [-0.39, 0.29) is 18.3 Å². The van der Waals surface area contributed by atoms with Crippen LogP contribution in [0, 0.1) is 0 Å². The maximum atomic E-state index is 13.0. The van der Waals surface area contributed by atoms with E-state index in [2.05, 4.69) is 38.1 Å². The van der Waals surface area contributed by atoms with Crippen molar-refractivity contribution in [1.29, 1.82) is 0 Å². The molecular weight excluding hydrogens is 468 g/mol. The molecule has 0 unspecified atom stereocenters. The second-order valence-electron chi connectivity index (χ2n) is 11.9. The minimum absolute atomic E-state index is 0.116. The van der Waals surface area contributed by atoms with Crippen LogP contribution in [0.2, 0.25) is 0 Å². The molecule has 2 fully saturated rings. The fourth-order valence-electron chi connectivity index (χ4n) is 5.65. The zero-order valence-corrected chi connectivity index (χ0v) is 23.0. The number of ether oxygens (including phenoxy) is 2. The Bertz CT molecular complexity index is 1160. The number of hydrogen-bond acceptors (Lipinski definition) is 5. The molecule has 7 nitrogen and oxygen atoms in total. The van der Waals surface area contributed by atoms with Gasteiger partial charge in [-0.1, -0.05) is 38.1 Å². The Kier molecular flexibility index (Phi) is 7.54. The molecule has 2 aliphatic rings. The lowest BCUT2D eigenvalue weighted by atomic mass is 9.95. The fraction of sp³-hybridized carbons (Fsp3) is 0.567. The van der Waals surface area contributed by atoms with E-state index in [1.165, 1.54) is 16.0 Å². The Hall–Kier alpha value is -3.09. The summed E-state index contributed by atoms with van der Waals surface area (Å²) >= 11 is 0. The van der Waals surface area contributed by atoms with Crippen molar-refractivity contribution in [1.82, 2.24) is 9.47 Å². The molecule has 2 heterocycles. The minimum atomic E-state index is -0.705. The summed E-state index contributed by atoms with van der Waals surface area (Å²) in [6.45, 7) is 9.89. The van der Waals surface area contributed by atoms with Crippen LogP contribution in [0.4, 0.5) is 9.59 Å². The molecule has 1 aliphatic heterocycles. The molecule has 2 amide bonds. The number of aryl methyl sites for hydroxylation is 1. The molecular formula is C30H40N2O5. The van der Waals surface area contributed by atoms with Crippen molar-refractivity contribution in [3.63, 3.8) is 0 Å². The molecule has 2 aromatic rings. The lowest BCUT2D eigenvalue weighted by Crippen LogP contribution is -2.50. The highest BCUT2D eigenvalue weighted by atomic mass is 16.6. The first-order valence-electron chi connectivity index (χ1n) is 13.4. The van der Waals surface area contributed by atoms with Gasteiger partial charge in [-0.05, 0) is 82.1 Å². The predicted octanol–water partition coefficient (Wildman–Crippen LogP) is 6.75. The third kappa shape index (κ3) is 5.76. The van der Waals surface area contributed by atoms with Gasteiger partial charge in [0.05, 0.1) is 11.2 Å². The third-order valence-corrected chi connectivity index (χ3v) is 7.66. The average molecular weight is 509 g/mol. The number of nitrogens with zero attached hydrogens (tertiary/aromatic N) is 2. The maximum Gasteiger partial charge on any atom is 0.420 e. The van der Waals surface area contributed by atoms with Crippen LogP contribution in [0.25, 0.3) is 0 Å². The van der Waals surface area contributed by atoms with Gasteiger partial charge in [-0.2, -0.15) is 0 Å². The van der Waals surface area contributed by atoms with Gasteiger partial charge in [-0.3, -0.25) is 4.79 Å². The van der Waals surface area contributed by atoms with E-state index in [0.29, 0.717) is 30.9 Å². The number of cyclic esters (lactones) is 1. The van der Waals surface area contributed by atoms with Crippen LogP contribution < -0.4 is 0 Å². The molecule has 1 saturated carbocycles. The minimum Gasteiger partial charge on any atom is -0.446 e. The first-order valence-corrected chi connectivity index (χ1v) is 13.4. The summed E-state index contributed by atoms with van der Waals surface area (Å²) in [7, 11) is 1.93. The summed E-state index contributed by atoms with van der Waals surface area (Å²) in [6.07, 6.45) is 2.91. The summed E-state index contributed by atoms with van der Waals surface area (Å²) in [4.78, 5) is 39.5. The van der Waals surface area contributed by atoms with E-state index in [1.54, 1.807) is 20.8 Å². The topological polar surface area (TPSA) is 77.8 Å². The Balaban J connectivity index is 1.38. The van der Waals surface area contributed by atoms with Gasteiger partial charge in [0.15, 0.2) is 5.78 Å². The number of hydrogen-bond donors (Lipinski definition) is 0. The van der Waals surface area contributed by atoms with Crippen LogP contribution >= 0.6 is 0 Å². The van der Waals surface area contributed by atoms with Crippen molar-refractivity contribution < 1.29 is 23.9 Å². The standard InChI is InChI=1S/C30H40N2O5/c1-20(2)22-12-10-21(11-13-22)8-7-9-26(33)25-15-14-24(31(25)6)23-16-17-30(18-23)19-36-27(34)32(30)28(35)37-29(3,4)5/h10-15,20,23H,7-9,16-19H2,1-6H3/t23-,30+/m0/s1. The van der Waals surface area contributed by atoms with Crippen LogP contribution in [0.3, 0.4) is 0 Å². The van der Waals surface area contributed by atoms with Crippen LogP contribution in [0.5, 0.6) is 0 Å². The third-order valence-electron chi connectivity index (χ3n) is 7.66. The van der Waals surface area contributed by atoms with Crippen molar-refractivity contribution in [3.8, 4) is 0 Å². The molecule has 0 N–H and O–H groups in total. The first kappa shape index (κ1) is 27.0. The van der Waals surface area contributed by atoms with E-state index >= 15 is 0 Å². The average Bonchev–Trinajstić information content (AvgIpc) is 3.50. The molecule has 7 heteroatoms. The van der Waals surface area contributed by atoms with Gasteiger partial charge in [0.25, 0.3) is 0 Å². The molecule has 0 bridgehead atoms. The zero-order chi connectivity index (χ0) is 27.0. The Labute approximate surface area is 220 Å². The second-order valence-corrected chi connectivity index (χ2v) is 11.9. The van der Waals surface area contributed by atoms with Crippen molar-refractivity contribution in [2.45, 2.75) is 96.1 Å². The van der Waals surface area contributed by atoms with E-state index in [4.69, 9.17) is 9.47 Å². The van der Waals surface area contributed by atoms with Crippen molar-refractivity contribution >= 4 is 18.0 Å². The van der Waals surface area contributed by atoms with E-state index < -0.39 is 23.3 Å². The van der Waals surface area contributed by atoms with E-state index in [1.807, 2.05) is 23.7 Å². The number of aromatic nitrogens is 1. The molecule has 1 saturated heterocycles. The molecule has 1 spiro atoms. The summed E-state index contributed by atoms with van der Waals surface area (Å²) in [6, 6.07) is 12.6. The number of amides is 2. The monoisotopic (exact) mass is 508 g/mol. The summed E-state index contributed by atoms with van der Waals surface area (Å²) in [5.74, 6) is 0.763. The van der Waals surface area contributed by atoms with Crippen molar-refractivity contribution in [2.24, 2.45) is 7.05 Å². The van der Waals surface area contributed by atoms with Gasteiger partial charge in [0, 0.05) is 25.1 Å². The van der Waals surface area contributed by atoms with Crippen molar-refractivity contribution in [3.05, 3.63) is 58.9 Å². The van der Waals surface area contributed by atoms with E-state index in [9.17, 15) is 14.4 Å². The highest BCUT2D eigenvalue weighted by Crippen LogP contribution is 2.47. The quantitative estimate of drug-likeness (QED) is 0.387. The normalized spacial score (nSPS) is 21.6. The molecule has 1 aromatic heterocycles. The first-order chi connectivity index (χ1) is 17.4. The summed E-state index contributed by atoms with van der Waals surface area (Å²) < 4.78 is 12.8. The summed E-state index contributed by atoms with van der Waals surface area (Å²) in [5.41, 5.74) is 2.92. The lowest BCUT2D eigenvalue weighted by Gasteiger charge is -2.32. The predicted molar refractivity (Wildman–Crippen MR) is 142 cm³/mol. The molecule has 2 atom stereocenters. The molecule has 37 heavy (non-hydrogen) atoms. The van der Waals surface area contributed by atoms with E-state index in [0.717, 1.165) is 25.0 Å². The van der Waals surface area contributed by atoms with Gasteiger partial charge in [-0.25, -0.2) is 14.5 Å². The number of Topliss-reactive ketones (excluding diaryl/α,β-unsaturated/α-hetero) is 1. The number of imide groups is 1. The number of benzene rings is 1. The van der Waals surface area contributed by atoms with Gasteiger partial charge >= 0.3 is 12.2 Å². The van der Waals surface area contributed by atoms with Crippen LogP contribution in [-0.4, -0.2) is 45.2 Å². The van der Waals surface area contributed by atoms with Gasteiger partial charge in [0.1, 0.15) is 12.2 Å². The van der Waals surface area contributed by atoms with Crippen LogP contribution in [-0.2, 0) is 22.9 Å². The second kappa shape index (κ2) is 10.3. The Morgan fingerprint density at radius 2 is 1.84 bits per heavy atom. The molecule has 200 valence electrons. The van der Waals surface area contributed by atoms with Crippen LogP contribution in [0.15, 0.2) is 36.4 Å². The number of rotatable bonds is 7. The van der Waals surface area contributed by atoms with Gasteiger partial charge in [0.2, 0.25) is 0 Å². The maximum absolute atomic E-state index is 13.0. The zero-order valence-electron chi connectivity index (χ0n) is 23.0. The SMILES string of the molecule is CC(C)c1ccc(CCCC(=O)c2ccc([C@H]3CC[C@]4(COC(=O)N4C(=O)OC(C)(C)C)C3)n2C)cc1. The fourth-order valence-corrected chi connectivity index (χ4v) is 5.65. The summed E-state index contributed by atoms with van der Waals surface area (Å²) in [5, 5.41) is 0. The van der Waals surface area contributed by atoms with Gasteiger partial charge < -0.3 is 14.0 Å². The van der Waals surface area contributed by atoms with Crippen molar-refractivity contribution in [2.75, 3.05) is 6.61 Å². The molecule has 4 rings (SSSR count). The highest BCUT2D eigenvalue weighted by Gasteiger charge is 2.56. The van der Waals surface area contributed by atoms with Crippen LogP contribution in [0.1, 0.15) is 106 Å². The lowest BCUT2D eigenvalue weighted by molar-refractivity contribution is 0.0191. The molecule has 1 aliphatic carbocycles. The molecule has 0 radical (unpaired) electrons. The number of ketones is 1. The Morgan fingerprint density at radius 3 is 2.49 bits per heavy atom. The Morgan fingerprint density at radius 1 is 1.14 bits per heavy atom. The smallest absolute Gasteiger partial charge is 0.420 e. The van der Waals surface area contributed by atoms with Gasteiger partial charge in [-0.15, -0.1) is 0 Å². The number of carbonyl (C=O) groups excluding carboxylic acids is 3. The largest absolute Gasteiger partial charge is 0.446 e.